The summed E-state index contributed by atoms with van der Waals surface area (Å²) in [6.45, 7) is 5.92. The van der Waals surface area contributed by atoms with Gasteiger partial charge in [-0.2, -0.15) is 0 Å². The second-order valence-corrected chi connectivity index (χ2v) is 7.94. The number of carbonyl (C=O) groups is 3. The van der Waals surface area contributed by atoms with E-state index in [0.717, 1.165) is 5.56 Å². The fraction of sp³-hybridized carbons (Fsp3) is 0.550. The number of esters is 2. The Morgan fingerprint density at radius 3 is 2.63 bits per heavy atom. The molecule has 0 spiro atoms. The number of carbonyl (C=O) groups excluding carboxylic acids is 3. The van der Waals surface area contributed by atoms with Crippen LogP contribution in [0.15, 0.2) is 30.3 Å². The van der Waals surface area contributed by atoms with Crippen molar-refractivity contribution < 1.29 is 28.6 Å². The number of rotatable bonds is 6. The molecule has 2 fully saturated rings. The Balaban J connectivity index is 1.65. The van der Waals surface area contributed by atoms with Gasteiger partial charge in [0.05, 0.1) is 19.1 Å². The summed E-state index contributed by atoms with van der Waals surface area (Å²) in [5.74, 6) is -2.98. The van der Waals surface area contributed by atoms with Crippen LogP contribution in [-0.4, -0.2) is 42.2 Å². The maximum Gasteiger partial charge on any atom is 0.344 e. The highest BCUT2D eigenvalue weighted by Gasteiger charge is 2.68. The van der Waals surface area contributed by atoms with Crippen LogP contribution in [0.3, 0.4) is 0 Å². The van der Waals surface area contributed by atoms with Gasteiger partial charge >= 0.3 is 11.9 Å². The molecule has 0 aliphatic carbocycles. The normalized spacial score (nSPS) is 27.1. The Labute approximate surface area is 158 Å². The van der Waals surface area contributed by atoms with Gasteiger partial charge < -0.3 is 19.5 Å². The van der Waals surface area contributed by atoms with Crippen molar-refractivity contribution in [1.29, 1.82) is 0 Å². The van der Waals surface area contributed by atoms with Gasteiger partial charge in [-0.25, -0.2) is 9.59 Å². The molecule has 7 heteroatoms. The number of benzene rings is 1. The average Bonchev–Trinajstić information content (AvgIpc) is 3.06. The van der Waals surface area contributed by atoms with E-state index in [9.17, 15) is 14.4 Å². The number of ether oxygens (including phenoxy) is 3. The minimum atomic E-state index is -1.74. The molecule has 1 amide bonds. The molecule has 27 heavy (non-hydrogen) atoms. The lowest BCUT2D eigenvalue weighted by Crippen LogP contribution is -2.58. The highest BCUT2D eigenvalue weighted by Crippen LogP contribution is 2.41. The number of hydrogen-bond donors (Lipinski definition) is 1. The highest BCUT2D eigenvalue weighted by atomic mass is 16.6. The molecule has 0 bridgehead atoms. The zero-order valence-corrected chi connectivity index (χ0v) is 15.8. The third-order valence-electron chi connectivity index (χ3n) is 4.82. The molecule has 3 rings (SSSR count). The van der Waals surface area contributed by atoms with Crippen molar-refractivity contribution in [2.45, 2.75) is 44.9 Å². The van der Waals surface area contributed by atoms with E-state index in [1.807, 2.05) is 30.3 Å². The van der Waals surface area contributed by atoms with E-state index in [-0.39, 0.29) is 12.5 Å². The van der Waals surface area contributed by atoms with Crippen LogP contribution in [0.25, 0.3) is 0 Å². The standard InChI is InChI=1S/C20H25NO6/c1-19(2,3)27-18(24)20-15(12-26-17(20)23)14(16(22)21-20)9-10-25-11-13-7-5-4-6-8-13/h4-8,14-15H,9-12H2,1-3H3,(H,21,22)/t14-,15-,20+/m1/s1. The van der Waals surface area contributed by atoms with Gasteiger partial charge in [-0.3, -0.25) is 4.79 Å². The van der Waals surface area contributed by atoms with Crippen molar-refractivity contribution in [3.63, 3.8) is 0 Å². The summed E-state index contributed by atoms with van der Waals surface area (Å²) in [5, 5.41) is 2.57. The van der Waals surface area contributed by atoms with Crippen LogP contribution in [0.1, 0.15) is 32.8 Å². The molecule has 146 valence electrons. The van der Waals surface area contributed by atoms with Crippen molar-refractivity contribution in [3.8, 4) is 0 Å². The third-order valence-corrected chi connectivity index (χ3v) is 4.82. The van der Waals surface area contributed by atoms with Gasteiger partial charge in [-0.15, -0.1) is 0 Å². The monoisotopic (exact) mass is 375 g/mol. The molecule has 2 aliphatic rings. The van der Waals surface area contributed by atoms with Crippen LogP contribution in [-0.2, 0) is 35.2 Å². The maximum atomic E-state index is 12.7. The number of nitrogens with one attached hydrogen (secondary N) is 1. The molecule has 2 saturated heterocycles. The predicted octanol–water partition coefficient (Wildman–Crippen LogP) is 1.59. The van der Waals surface area contributed by atoms with Crippen LogP contribution in [0, 0.1) is 11.8 Å². The molecule has 0 unspecified atom stereocenters. The second kappa shape index (κ2) is 7.31. The first kappa shape index (κ1) is 19.4. The minimum absolute atomic E-state index is 0.0141. The molecule has 1 aromatic carbocycles. The molecule has 0 aromatic heterocycles. The van der Waals surface area contributed by atoms with E-state index in [1.54, 1.807) is 20.8 Å². The largest absolute Gasteiger partial charge is 0.463 e. The average molecular weight is 375 g/mol. The van der Waals surface area contributed by atoms with Gasteiger partial charge in [0.2, 0.25) is 11.4 Å². The SMILES string of the molecule is CC(C)(C)OC(=O)[C@]12NC(=O)[C@H](CCOCc3ccccc3)[C@H]1COC2=O. The van der Waals surface area contributed by atoms with E-state index in [4.69, 9.17) is 14.2 Å². The first-order valence-electron chi connectivity index (χ1n) is 9.08. The Hall–Kier alpha value is -2.41. The van der Waals surface area contributed by atoms with Crippen LogP contribution in [0.5, 0.6) is 0 Å². The van der Waals surface area contributed by atoms with Gasteiger partial charge in [0.25, 0.3) is 0 Å². The molecule has 2 heterocycles. The summed E-state index contributed by atoms with van der Waals surface area (Å²) >= 11 is 0. The fourth-order valence-electron chi connectivity index (χ4n) is 3.54. The van der Waals surface area contributed by atoms with Crippen molar-refractivity contribution in [2.24, 2.45) is 11.8 Å². The quantitative estimate of drug-likeness (QED) is 0.461. The van der Waals surface area contributed by atoms with Gasteiger partial charge in [0, 0.05) is 12.5 Å². The van der Waals surface area contributed by atoms with E-state index in [2.05, 4.69) is 5.32 Å². The van der Waals surface area contributed by atoms with E-state index < -0.39 is 34.9 Å². The molecule has 0 radical (unpaired) electrons. The van der Waals surface area contributed by atoms with Crippen molar-refractivity contribution >= 4 is 17.8 Å². The lowest BCUT2D eigenvalue weighted by atomic mass is 9.81. The lowest BCUT2D eigenvalue weighted by Gasteiger charge is -2.28. The molecular weight excluding hydrogens is 350 g/mol. The number of fused-ring (bicyclic) bond motifs is 1. The molecule has 2 aliphatic heterocycles. The Kier molecular flexibility index (Phi) is 5.24. The minimum Gasteiger partial charge on any atom is -0.463 e. The van der Waals surface area contributed by atoms with Crippen LogP contribution in [0.2, 0.25) is 0 Å². The molecular formula is C20H25NO6. The molecule has 1 N–H and O–H groups in total. The first-order valence-corrected chi connectivity index (χ1v) is 9.08. The van der Waals surface area contributed by atoms with E-state index in [1.165, 1.54) is 0 Å². The number of amides is 1. The Morgan fingerprint density at radius 1 is 1.26 bits per heavy atom. The van der Waals surface area contributed by atoms with Gasteiger partial charge in [-0.1, -0.05) is 30.3 Å². The van der Waals surface area contributed by atoms with Crippen LogP contribution < -0.4 is 5.32 Å². The smallest absolute Gasteiger partial charge is 0.344 e. The summed E-state index contributed by atoms with van der Waals surface area (Å²) in [4.78, 5) is 37.5. The van der Waals surface area contributed by atoms with Crippen LogP contribution >= 0.6 is 0 Å². The zero-order chi connectivity index (χ0) is 19.7. The second-order valence-electron chi connectivity index (χ2n) is 7.94. The molecule has 1 aromatic rings. The predicted molar refractivity (Wildman–Crippen MR) is 95.4 cm³/mol. The Morgan fingerprint density at radius 2 is 1.96 bits per heavy atom. The summed E-state index contributed by atoms with van der Waals surface area (Å²) in [7, 11) is 0. The van der Waals surface area contributed by atoms with Gasteiger partial charge in [-0.05, 0) is 32.8 Å². The Bertz CT molecular complexity index is 726. The van der Waals surface area contributed by atoms with E-state index in [0.29, 0.717) is 19.6 Å². The zero-order valence-electron chi connectivity index (χ0n) is 15.8. The highest BCUT2D eigenvalue weighted by molar-refractivity contribution is 6.12. The lowest BCUT2D eigenvalue weighted by molar-refractivity contribution is -0.169. The van der Waals surface area contributed by atoms with Crippen LogP contribution in [0.4, 0.5) is 0 Å². The summed E-state index contributed by atoms with van der Waals surface area (Å²) in [6, 6.07) is 9.71. The summed E-state index contributed by atoms with van der Waals surface area (Å²) in [5.41, 5.74) is -1.48. The summed E-state index contributed by atoms with van der Waals surface area (Å²) < 4.78 is 16.2. The number of cyclic esters (lactones) is 1. The van der Waals surface area contributed by atoms with Crippen molar-refractivity contribution in [1.82, 2.24) is 5.32 Å². The molecule has 7 nitrogen and oxygen atoms in total. The maximum absolute atomic E-state index is 12.7. The first-order chi connectivity index (χ1) is 12.7. The van der Waals surface area contributed by atoms with Crippen molar-refractivity contribution in [2.75, 3.05) is 13.2 Å². The molecule has 3 atom stereocenters. The third kappa shape index (κ3) is 3.83. The molecule has 0 saturated carbocycles. The topological polar surface area (TPSA) is 90.9 Å². The van der Waals surface area contributed by atoms with Crippen molar-refractivity contribution in [3.05, 3.63) is 35.9 Å². The fourth-order valence-corrected chi connectivity index (χ4v) is 3.54. The van der Waals surface area contributed by atoms with E-state index >= 15 is 0 Å². The van der Waals surface area contributed by atoms with Gasteiger partial charge in [0.1, 0.15) is 5.60 Å². The van der Waals surface area contributed by atoms with Gasteiger partial charge in [0.15, 0.2) is 0 Å². The number of hydrogen-bond acceptors (Lipinski definition) is 6. The summed E-state index contributed by atoms with van der Waals surface area (Å²) in [6.07, 6.45) is 0.393.